The molecule has 0 bridgehead atoms. The first-order valence-electron chi connectivity index (χ1n) is 13.5. The van der Waals surface area contributed by atoms with E-state index in [1.807, 2.05) is 12.1 Å². The molecule has 7 heteroatoms. The van der Waals surface area contributed by atoms with Gasteiger partial charge in [0, 0.05) is 35.5 Å². The van der Waals surface area contributed by atoms with E-state index in [0.29, 0.717) is 18.5 Å². The Bertz CT molecular complexity index is 1540. The molecule has 38 heavy (non-hydrogen) atoms. The van der Waals surface area contributed by atoms with Crippen LogP contribution in [-0.4, -0.2) is 56.0 Å². The fraction of sp³-hybridized carbons (Fsp3) is 0.387. The molecule has 0 spiro atoms. The smallest absolute Gasteiger partial charge is 0.181 e. The predicted molar refractivity (Wildman–Crippen MR) is 155 cm³/mol. The zero-order valence-corrected chi connectivity index (χ0v) is 23.3. The van der Waals surface area contributed by atoms with Crippen LogP contribution in [0.2, 0.25) is 0 Å². The maximum absolute atomic E-state index is 6.07. The molecular formula is C31H38N6O. The van der Waals surface area contributed by atoms with Crippen molar-refractivity contribution in [2.45, 2.75) is 54.0 Å². The molecule has 0 atom stereocenters. The van der Waals surface area contributed by atoms with Crippen LogP contribution in [0.3, 0.4) is 0 Å². The van der Waals surface area contributed by atoms with E-state index in [9.17, 15) is 0 Å². The molecule has 0 aliphatic carbocycles. The largest absolute Gasteiger partial charge is 0.492 e. The minimum atomic E-state index is 0.144. The third-order valence-electron chi connectivity index (χ3n) is 6.92. The van der Waals surface area contributed by atoms with Gasteiger partial charge in [0.05, 0.1) is 11.2 Å². The highest BCUT2D eigenvalue weighted by molar-refractivity contribution is 5.97. The summed E-state index contributed by atoms with van der Waals surface area (Å²) in [6.07, 6.45) is 0.845. The third-order valence-corrected chi connectivity index (χ3v) is 6.92. The van der Waals surface area contributed by atoms with Gasteiger partial charge < -0.3 is 4.74 Å². The van der Waals surface area contributed by atoms with Crippen molar-refractivity contribution in [3.05, 3.63) is 60.4 Å². The van der Waals surface area contributed by atoms with Crippen LogP contribution >= 0.6 is 0 Å². The summed E-state index contributed by atoms with van der Waals surface area (Å²) in [6.45, 7) is 15.9. The van der Waals surface area contributed by atoms with Crippen molar-refractivity contribution in [1.29, 1.82) is 0 Å². The minimum Gasteiger partial charge on any atom is -0.492 e. The molecule has 0 fully saturated rings. The summed E-state index contributed by atoms with van der Waals surface area (Å²) < 4.78 is 6.07. The van der Waals surface area contributed by atoms with Gasteiger partial charge in [-0.15, -0.1) is 0 Å². The fourth-order valence-electron chi connectivity index (χ4n) is 4.90. The van der Waals surface area contributed by atoms with Crippen LogP contribution in [0.5, 0.6) is 5.75 Å². The molecular weight excluding hydrogens is 472 g/mol. The van der Waals surface area contributed by atoms with Gasteiger partial charge in [-0.1, -0.05) is 45.9 Å². The van der Waals surface area contributed by atoms with Gasteiger partial charge in [0.25, 0.3) is 0 Å². The van der Waals surface area contributed by atoms with Crippen molar-refractivity contribution >= 4 is 21.7 Å². The normalized spacial score (nSPS) is 12.3. The topological polar surface area (TPSA) is 82.7 Å². The summed E-state index contributed by atoms with van der Waals surface area (Å²) in [5.41, 5.74) is 4.08. The van der Waals surface area contributed by atoms with Gasteiger partial charge in [0.1, 0.15) is 18.2 Å². The Hall–Kier alpha value is -3.71. The van der Waals surface area contributed by atoms with E-state index < -0.39 is 0 Å². The summed E-state index contributed by atoms with van der Waals surface area (Å²) in [4.78, 5) is 7.14. The summed E-state index contributed by atoms with van der Waals surface area (Å²) in [6, 6.07) is 19.5. The van der Waals surface area contributed by atoms with Crippen LogP contribution in [0, 0.1) is 5.41 Å². The first-order valence-corrected chi connectivity index (χ1v) is 13.5. The number of aromatic amines is 2. The van der Waals surface area contributed by atoms with Crippen LogP contribution in [0.25, 0.3) is 44.3 Å². The Morgan fingerprint density at radius 3 is 2.42 bits per heavy atom. The van der Waals surface area contributed by atoms with Gasteiger partial charge in [0.2, 0.25) is 0 Å². The van der Waals surface area contributed by atoms with Crippen LogP contribution in [0.4, 0.5) is 0 Å². The maximum atomic E-state index is 6.07. The molecule has 0 aliphatic heterocycles. The number of fused-ring (bicyclic) bond motifs is 2. The number of nitrogens with one attached hydrogen (secondary N) is 2. The van der Waals surface area contributed by atoms with Gasteiger partial charge >= 0.3 is 0 Å². The Labute approximate surface area is 224 Å². The molecule has 5 rings (SSSR count). The molecule has 0 saturated carbocycles. The van der Waals surface area contributed by atoms with E-state index in [1.165, 1.54) is 0 Å². The van der Waals surface area contributed by atoms with Crippen LogP contribution in [0.15, 0.2) is 54.6 Å². The van der Waals surface area contributed by atoms with E-state index in [2.05, 4.69) is 109 Å². The van der Waals surface area contributed by atoms with Crippen molar-refractivity contribution in [1.82, 2.24) is 30.3 Å². The standard InChI is InChI=1S/C31H38N6O/c1-7-37(20(2)3)14-15-38-25-12-10-21-16-23(9-8-22(21)17-25)29-26-18-24(11-13-27(26)33-35-29)30-32-28(34-36-30)19-31(4,5)6/h8-13,16-18,20H,7,14-15,19H2,1-6H3,(H,33,35)(H,32,34,36). The molecule has 198 valence electrons. The number of ether oxygens (including phenoxy) is 1. The van der Waals surface area contributed by atoms with Crippen LogP contribution in [-0.2, 0) is 6.42 Å². The first kappa shape index (κ1) is 25.9. The van der Waals surface area contributed by atoms with Crippen LogP contribution in [0.1, 0.15) is 47.4 Å². The number of hydrogen-bond donors (Lipinski definition) is 2. The monoisotopic (exact) mass is 510 g/mol. The van der Waals surface area contributed by atoms with Gasteiger partial charge in [-0.25, -0.2) is 4.98 Å². The lowest BCUT2D eigenvalue weighted by Crippen LogP contribution is -2.34. The second kappa shape index (κ2) is 10.6. The second-order valence-electron chi connectivity index (χ2n) is 11.5. The lowest BCUT2D eigenvalue weighted by atomic mass is 9.92. The van der Waals surface area contributed by atoms with Crippen molar-refractivity contribution < 1.29 is 4.74 Å². The average Bonchev–Trinajstić information content (AvgIpc) is 3.51. The van der Waals surface area contributed by atoms with E-state index in [4.69, 9.17) is 9.72 Å². The number of H-pyrrole nitrogens is 2. The van der Waals surface area contributed by atoms with Gasteiger partial charge in [-0.3, -0.25) is 15.1 Å². The molecule has 0 unspecified atom stereocenters. The lowest BCUT2D eigenvalue weighted by Gasteiger charge is -2.24. The van der Waals surface area contributed by atoms with E-state index in [-0.39, 0.29) is 5.41 Å². The highest BCUT2D eigenvalue weighted by atomic mass is 16.5. The zero-order valence-electron chi connectivity index (χ0n) is 23.3. The van der Waals surface area contributed by atoms with E-state index >= 15 is 0 Å². The molecule has 0 amide bonds. The number of nitrogens with zero attached hydrogens (tertiary/aromatic N) is 4. The first-order chi connectivity index (χ1) is 18.2. The maximum Gasteiger partial charge on any atom is 0.181 e. The molecule has 3 aromatic carbocycles. The predicted octanol–water partition coefficient (Wildman–Crippen LogP) is 6.87. The molecule has 0 aliphatic rings. The Balaban J connectivity index is 1.37. The van der Waals surface area contributed by atoms with Crippen molar-refractivity contribution in [3.8, 4) is 28.4 Å². The second-order valence-corrected chi connectivity index (χ2v) is 11.5. The number of benzene rings is 3. The molecule has 7 nitrogen and oxygen atoms in total. The quantitative estimate of drug-likeness (QED) is 0.226. The zero-order chi connectivity index (χ0) is 26.9. The van der Waals surface area contributed by atoms with E-state index in [1.54, 1.807) is 0 Å². The molecule has 0 radical (unpaired) electrons. The minimum absolute atomic E-state index is 0.144. The number of rotatable bonds is 9. The molecule has 2 N–H and O–H groups in total. The molecule has 5 aromatic rings. The van der Waals surface area contributed by atoms with Gasteiger partial charge in [-0.05, 0) is 73.0 Å². The van der Waals surface area contributed by atoms with Crippen molar-refractivity contribution in [3.63, 3.8) is 0 Å². The molecule has 2 aromatic heterocycles. The molecule has 2 heterocycles. The summed E-state index contributed by atoms with van der Waals surface area (Å²) in [5, 5.41) is 18.8. The Morgan fingerprint density at radius 1 is 0.895 bits per heavy atom. The van der Waals surface area contributed by atoms with Gasteiger partial charge in [-0.2, -0.15) is 10.2 Å². The Morgan fingerprint density at radius 2 is 1.66 bits per heavy atom. The Kier molecular flexibility index (Phi) is 7.21. The van der Waals surface area contributed by atoms with Gasteiger partial charge in [0.15, 0.2) is 5.82 Å². The average molecular weight is 511 g/mol. The summed E-state index contributed by atoms with van der Waals surface area (Å²) in [7, 11) is 0. The van der Waals surface area contributed by atoms with Crippen molar-refractivity contribution in [2.75, 3.05) is 19.7 Å². The van der Waals surface area contributed by atoms with E-state index in [0.717, 1.165) is 69.6 Å². The van der Waals surface area contributed by atoms with Crippen molar-refractivity contribution in [2.24, 2.45) is 5.41 Å². The fourth-order valence-corrected chi connectivity index (χ4v) is 4.90. The SMILES string of the molecule is CCN(CCOc1ccc2cc(-c3n[nH]c4ccc(-c5n[nH]c(CC(C)(C)C)n5)cc34)ccc2c1)C(C)C. The summed E-state index contributed by atoms with van der Waals surface area (Å²) in [5.74, 6) is 2.51. The van der Waals surface area contributed by atoms with Crippen LogP contribution < -0.4 is 4.74 Å². The molecule has 0 saturated heterocycles. The lowest BCUT2D eigenvalue weighted by molar-refractivity contribution is 0.183. The number of likely N-dealkylation sites (N-methyl/N-ethyl adjacent to an activating group) is 1. The number of aromatic nitrogens is 5. The number of hydrogen-bond acceptors (Lipinski definition) is 5. The highest BCUT2D eigenvalue weighted by Gasteiger charge is 2.16. The third kappa shape index (κ3) is 5.73. The summed E-state index contributed by atoms with van der Waals surface area (Å²) >= 11 is 0. The highest BCUT2D eigenvalue weighted by Crippen LogP contribution is 2.32.